The standard InChI is InChI=1S/C19H24O2/c1-6-14-10-15(7-2)18(16(8-3)11-14)19(20)17-9-12(4)21-13(17)5/h9-11H,6-8H2,1-5H3. The summed E-state index contributed by atoms with van der Waals surface area (Å²) in [7, 11) is 0. The summed E-state index contributed by atoms with van der Waals surface area (Å²) in [5.74, 6) is 1.60. The molecule has 0 spiro atoms. The molecule has 1 heterocycles. The first kappa shape index (κ1) is 15.6. The van der Waals surface area contributed by atoms with Crippen LogP contribution in [-0.4, -0.2) is 5.78 Å². The summed E-state index contributed by atoms with van der Waals surface area (Å²) < 4.78 is 5.53. The number of benzene rings is 1. The van der Waals surface area contributed by atoms with Crippen LogP contribution in [0.15, 0.2) is 22.6 Å². The van der Waals surface area contributed by atoms with E-state index in [1.165, 1.54) is 5.56 Å². The highest BCUT2D eigenvalue weighted by Gasteiger charge is 2.21. The SMILES string of the molecule is CCc1cc(CC)c(C(=O)c2cc(C)oc2C)c(CC)c1. The van der Waals surface area contributed by atoms with Crippen molar-refractivity contribution >= 4 is 5.78 Å². The third-order valence-electron chi connectivity index (χ3n) is 4.04. The molecule has 0 amide bonds. The second-order valence-corrected chi connectivity index (χ2v) is 5.51. The van der Waals surface area contributed by atoms with Crippen LogP contribution in [0.5, 0.6) is 0 Å². The van der Waals surface area contributed by atoms with Crippen molar-refractivity contribution in [2.24, 2.45) is 0 Å². The van der Waals surface area contributed by atoms with Gasteiger partial charge in [0.15, 0.2) is 5.78 Å². The van der Waals surface area contributed by atoms with E-state index in [1.54, 1.807) is 0 Å². The van der Waals surface area contributed by atoms with Crippen molar-refractivity contribution < 1.29 is 9.21 Å². The molecule has 0 fully saturated rings. The summed E-state index contributed by atoms with van der Waals surface area (Å²) in [4.78, 5) is 13.0. The van der Waals surface area contributed by atoms with Crippen LogP contribution in [0.2, 0.25) is 0 Å². The zero-order valence-corrected chi connectivity index (χ0v) is 13.7. The maximum atomic E-state index is 13.0. The van der Waals surface area contributed by atoms with Gasteiger partial charge in [-0.15, -0.1) is 0 Å². The molecule has 0 N–H and O–H groups in total. The zero-order chi connectivity index (χ0) is 15.6. The Bertz CT molecular complexity index is 637. The molecular weight excluding hydrogens is 260 g/mol. The molecule has 0 saturated heterocycles. The second-order valence-electron chi connectivity index (χ2n) is 5.51. The molecule has 0 unspecified atom stereocenters. The lowest BCUT2D eigenvalue weighted by Gasteiger charge is -2.14. The summed E-state index contributed by atoms with van der Waals surface area (Å²) in [5, 5.41) is 0. The van der Waals surface area contributed by atoms with E-state index in [0.29, 0.717) is 11.3 Å². The summed E-state index contributed by atoms with van der Waals surface area (Å²) in [6.45, 7) is 10.1. The van der Waals surface area contributed by atoms with Gasteiger partial charge in [-0.05, 0) is 55.9 Å². The Balaban J connectivity index is 2.61. The van der Waals surface area contributed by atoms with E-state index in [0.717, 1.165) is 41.7 Å². The van der Waals surface area contributed by atoms with Crippen LogP contribution >= 0.6 is 0 Å². The third kappa shape index (κ3) is 2.94. The van der Waals surface area contributed by atoms with E-state index < -0.39 is 0 Å². The van der Waals surface area contributed by atoms with Crippen molar-refractivity contribution in [3.63, 3.8) is 0 Å². The number of carbonyl (C=O) groups excluding carboxylic acids is 1. The Morgan fingerprint density at radius 3 is 1.90 bits per heavy atom. The third-order valence-corrected chi connectivity index (χ3v) is 4.04. The second kappa shape index (κ2) is 6.30. The minimum Gasteiger partial charge on any atom is -0.466 e. The van der Waals surface area contributed by atoms with Crippen molar-refractivity contribution in [2.75, 3.05) is 0 Å². The van der Waals surface area contributed by atoms with Gasteiger partial charge in [-0.2, -0.15) is 0 Å². The van der Waals surface area contributed by atoms with Crippen LogP contribution in [0, 0.1) is 13.8 Å². The lowest BCUT2D eigenvalue weighted by atomic mass is 9.89. The normalized spacial score (nSPS) is 10.9. The minimum atomic E-state index is 0.0979. The van der Waals surface area contributed by atoms with E-state index in [1.807, 2.05) is 19.9 Å². The average molecular weight is 284 g/mol. The van der Waals surface area contributed by atoms with Crippen LogP contribution in [0.1, 0.15) is 64.9 Å². The molecule has 0 atom stereocenters. The van der Waals surface area contributed by atoms with E-state index in [2.05, 4.69) is 32.9 Å². The average Bonchev–Trinajstić information content (AvgIpc) is 2.83. The van der Waals surface area contributed by atoms with Gasteiger partial charge in [0.05, 0.1) is 5.56 Å². The van der Waals surface area contributed by atoms with Gasteiger partial charge in [0.1, 0.15) is 11.5 Å². The number of ketones is 1. The summed E-state index contributed by atoms with van der Waals surface area (Å²) in [5.41, 5.74) is 5.17. The van der Waals surface area contributed by atoms with Gasteiger partial charge in [0.25, 0.3) is 0 Å². The molecule has 112 valence electrons. The largest absolute Gasteiger partial charge is 0.466 e. The van der Waals surface area contributed by atoms with E-state index in [-0.39, 0.29) is 5.78 Å². The number of hydrogen-bond donors (Lipinski definition) is 0. The van der Waals surface area contributed by atoms with Gasteiger partial charge < -0.3 is 4.42 Å². The Morgan fingerprint density at radius 1 is 0.952 bits per heavy atom. The zero-order valence-electron chi connectivity index (χ0n) is 13.7. The van der Waals surface area contributed by atoms with Crippen LogP contribution in [0.25, 0.3) is 0 Å². The number of rotatable bonds is 5. The van der Waals surface area contributed by atoms with Crippen molar-refractivity contribution in [1.82, 2.24) is 0 Å². The maximum absolute atomic E-state index is 13.0. The quantitative estimate of drug-likeness (QED) is 0.737. The molecule has 0 radical (unpaired) electrons. The molecule has 0 saturated carbocycles. The number of aryl methyl sites for hydroxylation is 5. The predicted octanol–water partition coefficient (Wildman–Crippen LogP) is 4.81. The Hall–Kier alpha value is -1.83. The highest BCUT2D eigenvalue weighted by molar-refractivity contribution is 6.11. The molecule has 0 bridgehead atoms. The molecule has 2 rings (SSSR count). The first-order chi connectivity index (χ1) is 10.0. The molecule has 1 aromatic heterocycles. The fourth-order valence-corrected chi connectivity index (χ4v) is 2.88. The highest BCUT2D eigenvalue weighted by Crippen LogP contribution is 2.25. The monoisotopic (exact) mass is 284 g/mol. The topological polar surface area (TPSA) is 30.2 Å². The van der Waals surface area contributed by atoms with Gasteiger partial charge in [0.2, 0.25) is 0 Å². The van der Waals surface area contributed by atoms with E-state index >= 15 is 0 Å². The van der Waals surface area contributed by atoms with Gasteiger partial charge >= 0.3 is 0 Å². The Kier molecular flexibility index (Phi) is 4.66. The maximum Gasteiger partial charge on any atom is 0.197 e. The number of hydrogen-bond acceptors (Lipinski definition) is 2. The van der Waals surface area contributed by atoms with Crippen LogP contribution in [-0.2, 0) is 19.3 Å². The molecule has 2 heteroatoms. The predicted molar refractivity (Wildman–Crippen MR) is 86.2 cm³/mol. The molecule has 2 nitrogen and oxygen atoms in total. The summed E-state index contributed by atoms with van der Waals surface area (Å²) >= 11 is 0. The van der Waals surface area contributed by atoms with Gasteiger partial charge in [-0.3, -0.25) is 4.79 Å². The van der Waals surface area contributed by atoms with E-state index in [9.17, 15) is 4.79 Å². The highest BCUT2D eigenvalue weighted by atomic mass is 16.3. The fraction of sp³-hybridized carbons (Fsp3) is 0.421. The Morgan fingerprint density at radius 2 is 1.52 bits per heavy atom. The molecule has 1 aromatic carbocycles. The van der Waals surface area contributed by atoms with Crippen molar-refractivity contribution in [3.05, 3.63) is 57.5 Å². The lowest BCUT2D eigenvalue weighted by molar-refractivity contribution is 0.103. The Labute approximate surface area is 127 Å². The van der Waals surface area contributed by atoms with Crippen LogP contribution in [0.4, 0.5) is 0 Å². The van der Waals surface area contributed by atoms with Crippen molar-refractivity contribution in [3.8, 4) is 0 Å². The molecule has 0 aliphatic carbocycles. The smallest absolute Gasteiger partial charge is 0.197 e. The first-order valence-corrected chi connectivity index (χ1v) is 7.78. The van der Waals surface area contributed by atoms with Gasteiger partial charge in [0, 0.05) is 5.56 Å². The van der Waals surface area contributed by atoms with Gasteiger partial charge in [-0.25, -0.2) is 0 Å². The fourth-order valence-electron chi connectivity index (χ4n) is 2.88. The van der Waals surface area contributed by atoms with Crippen LogP contribution in [0.3, 0.4) is 0 Å². The summed E-state index contributed by atoms with van der Waals surface area (Å²) in [6, 6.07) is 6.20. The lowest BCUT2D eigenvalue weighted by Crippen LogP contribution is -2.10. The van der Waals surface area contributed by atoms with Gasteiger partial charge in [-0.1, -0.05) is 32.9 Å². The van der Waals surface area contributed by atoms with Crippen LogP contribution < -0.4 is 0 Å². The number of carbonyl (C=O) groups is 1. The van der Waals surface area contributed by atoms with Crippen molar-refractivity contribution in [2.45, 2.75) is 53.9 Å². The molecule has 0 aliphatic heterocycles. The van der Waals surface area contributed by atoms with E-state index in [4.69, 9.17) is 4.42 Å². The minimum absolute atomic E-state index is 0.0979. The molecule has 21 heavy (non-hydrogen) atoms. The molecule has 2 aromatic rings. The number of furan rings is 1. The first-order valence-electron chi connectivity index (χ1n) is 7.78. The van der Waals surface area contributed by atoms with Crippen molar-refractivity contribution in [1.29, 1.82) is 0 Å². The molecule has 0 aliphatic rings. The summed E-state index contributed by atoms with van der Waals surface area (Å²) in [6.07, 6.45) is 2.74. The molecular formula is C19H24O2.